The molecule has 0 aromatic carbocycles. The smallest absolute Gasteiger partial charge is 0.0403 e. The third-order valence-corrected chi connectivity index (χ3v) is 1.83. The summed E-state index contributed by atoms with van der Waals surface area (Å²) in [4.78, 5) is 2.33. The maximum Gasteiger partial charge on any atom is 0.0403 e. The average Bonchev–Trinajstić information content (AvgIpc) is 1.95. The van der Waals surface area contributed by atoms with Crippen molar-refractivity contribution in [1.29, 1.82) is 0 Å². The Balaban J connectivity index is 2.32. The second-order valence-corrected chi connectivity index (χ2v) is 2.70. The van der Waals surface area contributed by atoms with Crippen molar-refractivity contribution in [2.75, 3.05) is 27.2 Å². The summed E-state index contributed by atoms with van der Waals surface area (Å²) in [5.41, 5.74) is 4.13. The molecule has 1 saturated heterocycles. The third kappa shape index (κ3) is 1.99. The minimum Gasteiger partial charge on any atom is -0.313 e. The van der Waals surface area contributed by atoms with E-state index in [2.05, 4.69) is 22.5 Å². The van der Waals surface area contributed by atoms with Gasteiger partial charge in [0.1, 0.15) is 0 Å². The van der Waals surface area contributed by atoms with E-state index in [-0.39, 0.29) is 0 Å². The molecule has 10 heavy (non-hydrogen) atoms. The van der Waals surface area contributed by atoms with Crippen LogP contribution in [0.4, 0.5) is 0 Å². The SMILES string of the molecule is CNN=C1CCN(C)CC1. The molecule has 0 aromatic rings. The summed E-state index contributed by atoms with van der Waals surface area (Å²) in [5.74, 6) is 0. The molecule has 0 amide bonds. The topological polar surface area (TPSA) is 27.6 Å². The Morgan fingerprint density at radius 3 is 2.50 bits per heavy atom. The summed E-state index contributed by atoms with van der Waals surface area (Å²) in [6.07, 6.45) is 2.24. The van der Waals surface area contributed by atoms with Crippen LogP contribution in [0.15, 0.2) is 5.10 Å². The van der Waals surface area contributed by atoms with Crippen LogP contribution in [0.5, 0.6) is 0 Å². The molecule has 3 heteroatoms. The van der Waals surface area contributed by atoms with E-state index in [4.69, 9.17) is 0 Å². The number of hydrogen-bond donors (Lipinski definition) is 1. The van der Waals surface area contributed by atoms with Crippen LogP contribution in [0.1, 0.15) is 12.8 Å². The predicted molar refractivity (Wildman–Crippen MR) is 43.2 cm³/mol. The zero-order chi connectivity index (χ0) is 7.40. The Morgan fingerprint density at radius 1 is 1.40 bits per heavy atom. The maximum atomic E-state index is 4.16. The normalized spacial score (nSPS) is 20.8. The van der Waals surface area contributed by atoms with E-state index in [0.29, 0.717) is 0 Å². The number of rotatable bonds is 1. The fourth-order valence-corrected chi connectivity index (χ4v) is 1.15. The molecule has 1 rings (SSSR count). The number of nitrogens with zero attached hydrogens (tertiary/aromatic N) is 2. The van der Waals surface area contributed by atoms with Crippen molar-refractivity contribution in [3.8, 4) is 0 Å². The molecule has 0 atom stereocenters. The van der Waals surface area contributed by atoms with Crippen LogP contribution in [0.3, 0.4) is 0 Å². The van der Waals surface area contributed by atoms with Crippen molar-refractivity contribution in [2.24, 2.45) is 5.10 Å². The van der Waals surface area contributed by atoms with Crippen LogP contribution < -0.4 is 5.43 Å². The van der Waals surface area contributed by atoms with E-state index >= 15 is 0 Å². The van der Waals surface area contributed by atoms with Crippen molar-refractivity contribution >= 4 is 5.71 Å². The zero-order valence-electron chi connectivity index (χ0n) is 6.72. The summed E-state index contributed by atoms with van der Waals surface area (Å²) < 4.78 is 0. The molecule has 1 N–H and O–H groups in total. The van der Waals surface area contributed by atoms with Gasteiger partial charge in [0.15, 0.2) is 0 Å². The van der Waals surface area contributed by atoms with Crippen LogP contribution >= 0.6 is 0 Å². The molecule has 1 aliphatic rings. The number of hydrazone groups is 1. The zero-order valence-corrected chi connectivity index (χ0v) is 6.72. The molecule has 1 heterocycles. The Bertz CT molecular complexity index is 121. The van der Waals surface area contributed by atoms with Crippen molar-refractivity contribution in [2.45, 2.75) is 12.8 Å². The van der Waals surface area contributed by atoms with E-state index in [1.165, 1.54) is 5.71 Å². The van der Waals surface area contributed by atoms with Gasteiger partial charge in [-0.3, -0.25) is 0 Å². The van der Waals surface area contributed by atoms with Crippen molar-refractivity contribution in [3.05, 3.63) is 0 Å². The van der Waals surface area contributed by atoms with Gasteiger partial charge in [-0.15, -0.1) is 0 Å². The van der Waals surface area contributed by atoms with Crippen LogP contribution in [0, 0.1) is 0 Å². The molecule has 3 nitrogen and oxygen atoms in total. The molecule has 0 aliphatic carbocycles. The summed E-state index contributed by atoms with van der Waals surface area (Å²) >= 11 is 0. The molecule has 0 radical (unpaired) electrons. The minimum atomic E-state index is 1.12. The largest absolute Gasteiger partial charge is 0.313 e. The molecule has 0 aromatic heterocycles. The predicted octanol–water partition coefficient (Wildman–Crippen LogP) is 0.287. The summed E-state index contributed by atoms with van der Waals surface area (Å²) in [7, 11) is 4.00. The highest BCUT2D eigenvalue weighted by atomic mass is 15.3. The summed E-state index contributed by atoms with van der Waals surface area (Å²) in [6.45, 7) is 2.31. The summed E-state index contributed by atoms with van der Waals surface area (Å²) in [5, 5.41) is 4.16. The Hall–Kier alpha value is -0.570. The number of piperidine rings is 1. The van der Waals surface area contributed by atoms with Gasteiger partial charge in [0.05, 0.1) is 0 Å². The Kier molecular flexibility index (Phi) is 2.68. The van der Waals surface area contributed by atoms with Gasteiger partial charge in [-0.05, 0) is 7.05 Å². The second-order valence-electron chi connectivity index (χ2n) is 2.70. The molecule has 0 saturated carbocycles. The average molecular weight is 141 g/mol. The van der Waals surface area contributed by atoms with E-state index < -0.39 is 0 Å². The number of nitrogens with one attached hydrogen (secondary N) is 1. The quantitative estimate of drug-likeness (QED) is 0.531. The minimum absolute atomic E-state index is 1.12. The molecular weight excluding hydrogens is 126 g/mol. The molecular formula is C7H15N3. The first-order valence-corrected chi connectivity index (χ1v) is 3.73. The lowest BCUT2D eigenvalue weighted by atomic mass is 10.1. The fourth-order valence-electron chi connectivity index (χ4n) is 1.15. The number of hydrogen-bond acceptors (Lipinski definition) is 3. The molecule has 0 bridgehead atoms. The van der Waals surface area contributed by atoms with Crippen LogP contribution in [0.25, 0.3) is 0 Å². The van der Waals surface area contributed by atoms with Crippen LogP contribution in [0.2, 0.25) is 0 Å². The maximum absolute atomic E-state index is 4.16. The van der Waals surface area contributed by atoms with E-state index in [1.807, 2.05) is 7.05 Å². The first-order valence-electron chi connectivity index (χ1n) is 3.73. The first-order chi connectivity index (χ1) is 4.83. The van der Waals surface area contributed by atoms with Gasteiger partial charge in [-0.1, -0.05) is 0 Å². The number of likely N-dealkylation sites (tertiary alicyclic amines) is 1. The van der Waals surface area contributed by atoms with Gasteiger partial charge in [-0.2, -0.15) is 5.10 Å². The fraction of sp³-hybridized carbons (Fsp3) is 0.857. The lowest BCUT2D eigenvalue weighted by Gasteiger charge is -2.22. The standard InChI is InChI=1S/C7H15N3/c1-8-9-7-3-5-10(2)6-4-7/h8H,3-6H2,1-2H3. The molecule has 58 valence electrons. The Labute approximate surface area is 62.1 Å². The molecule has 1 aliphatic heterocycles. The lowest BCUT2D eigenvalue weighted by Crippen LogP contribution is -2.30. The third-order valence-electron chi connectivity index (χ3n) is 1.83. The van der Waals surface area contributed by atoms with Gasteiger partial charge in [0.2, 0.25) is 0 Å². The highest BCUT2D eigenvalue weighted by molar-refractivity contribution is 5.85. The first kappa shape index (κ1) is 7.54. The van der Waals surface area contributed by atoms with Crippen molar-refractivity contribution < 1.29 is 0 Å². The van der Waals surface area contributed by atoms with E-state index in [1.54, 1.807) is 0 Å². The lowest BCUT2D eigenvalue weighted by molar-refractivity contribution is 0.335. The van der Waals surface area contributed by atoms with Gasteiger partial charge in [0.25, 0.3) is 0 Å². The monoisotopic (exact) mass is 141 g/mol. The van der Waals surface area contributed by atoms with Crippen LogP contribution in [-0.2, 0) is 0 Å². The summed E-state index contributed by atoms with van der Waals surface area (Å²) in [6, 6.07) is 0. The van der Waals surface area contributed by atoms with Crippen LogP contribution in [-0.4, -0.2) is 37.8 Å². The van der Waals surface area contributed by atoms with Crippen molar-refractivity contribution in [3.63, 3.8) is 0 Å². The Morgan fingerprint density at radius 2 is 2.00 bits per heavy atom. The highest BCUT2D eigenvalue weighted by Crippen LogP contribution is 2.03. The van der Waals surface area contributed by atoms with E-state index in [0.717, 1.165) is 25.9 Å². The molecule has 0 spiro atoms. The van der Waals surface area contributed by atoms with Gasteiger partial charge in [0, 0.05) is 38.7 Å². The molecule has 1 fully saturated rings. The van der Waals surface area contributed by atoms with Crippen molar-refractivity contribution in [1.82, 2.24) is 10.3 Å². The highest BCUT2D eigenvalue weighted by Gasteiger charge is 2.09. The van der Waals surface area contributed by atoms with Gasteiger partial charge < -0.3 is 10.3 Å². The second kappa shape index (κ2) is 3.56. The van der Waals surface area contributed by atoms with Gasteiger partial charge >= 0.3 is 0 Å². The molecule has 0 unspecified atom stereocenters. The van der Waals surface area contributed by atoms with Gasteiger partial charge in [-0.25, -0.2) is 0 Å². The van der Waals surface area contributed by atoms with E-state index in [9.17, 15) is 0 Å².